The van der Waals surface area contributed by atoms with Crippen LogP contribution in [0.5, 0.6) is 0 Å². The van der Waals surface area contributed by atoms with Crippen LogP contribution in [-0.4, -0.2) is 6.29 Å². The van der Waals surface area contributed by atoms with E-state index in [0.29, 0.717) is 16.1 Å². The van der Waals surface area contributed by atoms with Gasteiger partial charge in [-0.2, -0.15) is 0 Å². The molecule has 64 valence electrons. The first-order chi connectivity index (χ1) is 5.69. The van der Waals surface area contributed by atoms with Crippen LogP contribution < -0.4 is 0 Å². The number of aldehydes is 1. The molecule has 0 aliphatic heterocycles. The zero-order valence-corrected chi connectivity index (χ0v) is 9.15. The second kappa shape index (κ2) is 4.14. The number of alkyl halides is 1. The van der Waals surface area contributed by atoms with Crippen LogP contribution in [0.2, 0.25) is 0 Å². The Morgan fingerprint density at radius 2 is 2.17 bits per heavy atom. The Labute approximate surface area is 86.2 Å². The molecule has 0 fully saturated rings. The summed E-state index contributed by atoms with van der Waals surface area (Å²) in [5.41, 5.74) is 0.865. The SMILES string of the molecule is O=Cc1c(F)cc(CBr)cc1Br. The van der Waals surface area contributed by atoms with Crippen molar-refractivity contribution in [2.45, 2.75) is 5.33 Å². The molecule has 12 heavy (non-hydrogen) atoms. The molecule has 0 radical (unpaired) electrons. The summed E-state index contributed by atoms with van der Waals surface area (Å²) in [6.45, 7) is 0. The highest BCUT2D eigenvalue weighted by atomic mass is 79.9. The predicted molar refractivity (Wildman–Crippen MR) is 52.1 cm³/mol. The van der Waals surface area contributed by atoms with Crippen LogP contribution in [0.1, 0.15) is 15.9 Å². The van der Waals surface area contributed by atoms with Crippen molar-refractivity contribution in [3.63, 3.8) is 0 Å². The summed E-state index contributed by atoms with van der Waals surface area (Å²) in [4.78, 5) is 10.4. The van der Waals surface area contributed by atoms with Gasteiger partial charge in [0, 0.05) is 9.80 Å². The van der Waals surface area contributed by atoms with Gasteiger partial charge in [0.2, 0.25) is 0 Å². The zero-order valence-electron chi connectivity index (χ0n) is 5.98. The molecule has 0 aliphatic rings. The van der Waals surface area contributed by atoms with E-state index in [4.69, 9.17) is 0 Å². The lowest BCUT2D eigenvalue weighted by Crippen LogP contribution is -1.91. The van der Waals surface area contributed by atoms with Crippen LogP contribution in [0, 0.1) is 5.82 Å². The summed E-state index contributed by atoms with van der Waals surface area (Å²) in [5.74, 6) is -0.492. The molecule has 0 bridgehead atoms. The number of benzene rings is 1. The van der Waals surface area contributed by atoms with E-state index in [1.807, 2.05) is 0 Å². The minimum atomic E-state index is -0.492. The van der Waals surface area contributed by atoms with E-state index in [9.17, 15) is 9.18 Å². The molecule has 1 nitrogen and oxygen atoms in total. The Morgan fingerprint density at radius 3 is 2.58 bits per heavy atom. The van der Waals surface area contributed by atoms with Gasteiger partial charge in [-0.3, -0.25) is 4.79 Å². The first-order valence-electron chi connectivity index (χ1n) is 3.18. The van der Waals surface area contributed by atoms with E-state index in [0.717, 1.165) is 5.56 Å². The molecular weight excluding hydrogens is 291 g/mol. The molecule has 4 heteroatoms. The van der Waals surface area contributed by atoms with E-state index in [1.165, 1.54) is 6.07 Å². The summed E-state index contributed by atoms with van der Waals surface area (Å²) in [6, 6.07) is 3.05. The third kappa shape index (κ3) is 1.93. The zero-order chi connectivity index (χ0) is 9.14. The van der Waals surface area contributed by atoms with Crippen molar-refractivity contribution < 1.29 is 9.18 Å². The second-order valence-corrected chi connectivity index (χ2v) is 3.64. The molecular formula is C8H5Br2FO. The van der Waals surface area contributed by atoms with Crippen molar-refractivity contribution in [2.24, 2.45) is 0 Å². The maximum absolute atomic E-state index is 13.0. The maximum atomic E-state index is 13.0. The molecule has 0 spiro atoms. The highest BCUT2D eigenvalue weighted by Gasteiger charge is 2.07. The topological polar surface area (TPSA) is 17.1 Å². The fourth-order valence-corrected chi connectivity index (χ4v) is 1.73. The summed E-state index contributed by atoms with van der Waals surface area (Å²) >= 11 is 6.30. The lowest BCUT2D eigenvalue weighted by molar-refractivity contribution is 0.111. The first kappa shape index (κ1) is 9.86. The molecule has 0 aromatic heterocycles. The fraction of sp³-hybridized carbons (Fsp3) is 0.125. The molecule has 1 aromatic carbocycles. The smallest absolute Gasteiger partial charge is 0.154 e. The number of halogens is 3. The van der Waals surface area contributed by atoms with E-state index in [-0.39, 0.29) is 5.56 Å². The lowest BCUT2D eigenvalue weighted by Gasteiger charge is -2.01. The maximum Gasteiger partial charge on any atom is 0.154 e. The van der Waals surface area contributed by atoms with Crippen molar-refractivity contribution in [1.29, 1.82) is 0 Å². The Kier molecular flexibility index (Phi) is 3.40. The van der Waals surface area contributed by atoms with Crippen LogP contribution in [-0.2, 0) is 5.33 Å². The van der Waals surface area contributed by atoms with Gasteiger partial charge in [-0.1, -0.05) is 15.9 Å². The highest BCUT2D eigenvalue weighted by molar-refractivity contribution is 9.10. The van der Waals surface area contributed by atoms with Crippen molar-refractivity contribution in [3.8, 4) is 0 Å². The molecule has 0 N–H and O–H groups in total. The Hall–Kier alpha value is -0.220. The summed E-state index contributed by atoms with van der Waals surface area (Å²) in [7, 11) is 0. The minimum Gasteiger partial charge on any atom is -0.298 e. The van der Waals surface area contributed by atoms with Gasteiger partial charge in [-0.25, -0.2) is 4.39 Å². The molecule has 1 rings (SSSR count). The van der Waals surface area contributed by atoms with Crippen LogP contribution in [0.25, 0.3) is 0 Å². The van der Waals surface area contributed by atoms with E-state index in [2.05, 4.69) is 31.9 Å². The Balaban J connectivity index is 3.27. The summed E-state index contributed by atoms with van der Waals surface area (Å²) in [5, 5.41) is 0.571. The Morgan fingerprint density at radius 1 is 1.50 bits per heavy atom. The van der Waals surface area contributed by atoms with E-state index in [1.54, 1.807) is 6.07 Å². The van der Waals surface area contributed by atoms with Gasteiger partial charge < -0.3 is 0 Å². The monoisotopic (exact) mass is 294 g/mol. The van der Waals surface area contributed by atoms with Crippen molar-refractivity contribution in [2.75, 3.05) is 0 Å². The number of rotatable bonds is 2. The minimum absolute atomic E-state index is 0.0692. The highest BCUT2D eigenvalue weighted by Crippen LogP contribution is 2.21. The number of hydrogen-bond donors (Lipinski definition) is 0. The molecule has 0 saturated carbocycles. The van der Waals surface area contributed by atoms with Gasteiger partial charge in [-0.15, -0.1) is 0 Å². The van der Waals surface area contributed by atoms with E-state index < -0.39 is 5.82 Å². The van der Waals surface area contributed by atoms with Crippen LogP contribution in [0.3, 0.4) is 0 Å². The second-order valence-electron chi connectivity index (χ2n) is 2.22. The fourth-order valence-electron chi connectivity index (χ4n) is 0.827. The third-order valence-corrected chi connectivity index (χ3v) is 2.71. The van der Waals surface area contributed by atoms with Gasteiger partial charge in [-0.05, 0) is 33.6 Å². The molecule has 0 amide bonds. The van der Waals surface area contributed by atoms with Crippen molar-refractivity contribution in [1.82, 2.24) is 0 Å². The van der Waals surface area contributed by atoms with Crippen molar-refractivity contribution in [3.05, 3.63) is 33.5 Å². The van der Waals surface area contributed by atoms with E-state index >= 15 is 0 Å². The molecule has 0 saturated heterocycles. The normalized spacial score (nSPS) is 9.92. The molecule has 1 aromatic rings. The van der Waals surface area contributed by atoms with Gasteiger partial charge in [0.1, 0.15) is 5.82 Å². The average molecular weight is 296 g/mol. The van der Waals surface area contributed by atoms with Gasteiger partial charge >= 0.3 is 0 Å². The summed E-state index contributed by atoms with van der Waals surface area (Å²) in [6.07, 6.45) is 0.497. The molecule has 0 atom stereocenters. The molecule has 0 aliphatic carbocycles. The predicted octanol–water partition coefficient (Wildman–Crippen LogP) is 3.30. The van der Waals surface area contributed by atoms with Gasteiger partial charge in [0.05, 0.1) is 5.56 Å². The third-order valence-electron chi connectivity index (χ3n) is 1.41. The van der Waals surface area contributed by atoms with Gasteiger partial charge in [0.15, 0.2) is 6.29 Å². The number of carbonyl (C=O) groups is 1. The van der Waals surface area contributed by atoms with Crippen LogP contribution in [0.15, 0.2) is 16.6 Å². The molecule has 0 unspecified atom stereocenters. The first-order valence-corrected chi connectivity index (χ1v) is 5.09. The lowest BCUT2D eigenvalue weighted by atomic mass is 10.1. The van der Waals surface area contributed by atoms with Crippen LogP contribution in [0.4, 0.5) is 4.39 Å². The number of hydrogen-bond acceptors (Lipinski definition) is 1. The quantitative estimate of drug-likeness (QED) is 0.604. The number of carbonyl (C=O) groups excluding carboxylic acids is 1. The van der Waals surface area contributed by atoms with Crippen LogP contribution >= 0.6 is 31.9 Å². The standard InChI is InChI=1S/C8H5Br2FO/c9-3-5-1-7(10)6(4-12)8(11)2-5/h1-2,4H,3H2. The molecule has 0 heterocycles. The summed E-state index contributed by atoms with van der Waals surface area (Å²) < 4.78 is 13.5. The van der Waals surface area contributed by atoms with Gasteiger partial charge in [0.25, 0.3) is 0 Å². The largest absolute Gasteiger partial charge is 0.298 e. The average Bonchev–Trinajstić information content (AvgIpc) is 2.03. The Bertz CT molecular complexity index is 289. The van der Waals surface area contributed by atoms with Crippen molar-refractivity contribution >= 4 is 38.1 Å².